The number of methoxy groups -OCH3 is 1. The summed E-state index contributed by atoms with van der Waals surface area (Å²) < 4.78 is 30.5. The van der Waals surface area contributed by atoms with E-state index in [0.29, 0.717) is 6.54 Å². The zero-order valence-electron chi connectivity index (χ0n) is 14.3. The number of amides is 1. The standard InChI is InChI=1S/C17H26N2O4S/c1-23-16-9-7-14(8-10-16)13-18-17(20)11-12-19(24(2,21)22)15-5-3-4-6-15/h7-10,15H,3-6,11-13H2,1-2H3,(H,18,20). The Hall–Kier alpha value is -1.60. The molecular formula is C17H26N2O4S. The summed E-state index contributed by atoms with van der Waals surface area (Å²) in [5.74, 6) is 0.628. The van der Waals surface area contributed by atoms with Gasteiger partial charge in [0.05, 0.1) is 13.4 Å². The zero-order valence-corrected chi connectivity index (χ0v) is 15.1. The fraction of sp³-hybridized carbons (Fsp3) is 0.588. The largest absolute Gasteiger partial charge is 0.497 e. The second kappa shape index (κ2) is 8.48. The Bertz CT molecular complexity index is 637. The lowest BCUT2D eigenvalue weighted by molar-refractivity contribution is -0.121. The van der Waals surface area contributed by atoms with E-state index < -0.39 is 10.0 Å². The predicted octanol–water partition coefficient (Wildman–Crippen LogP) is 1.91. The molecule has 7 heteroatoms. The van der Waals surface area contributed by atoms with Gasteiger partial charge in [-0.2, -0.15) is 4.31 Å². The van der Waals surface area contributed by atoms with Gasteiger partial charge >= 0.3 is 0 Å². The first-order valence-electron chi connectivity index (χ1n) is 8.26. The molecule has 1 amide bonds. The van der Waals surface area contributed by atoms with Gasteiger partial charge in [-0.3, -0.25) is 4.79 Å². The number of nitrogens with zero attached hydrogens (tertiary/aromatic N) is 1. The maximum absolute atomic E-state index is 12.0. The molecule has 6 nitrogen and oxygen atoms in total. The van der Waals surface area contributed by atoms with Gasteiger partial charge in [-0.1, -0.05) is 25.0 Å². The van der Waals surface area contributed by atoms with Crippen LogP contribution in [0.1, 0.15) is 37.7 Å². The lowest BCUT2D eigenvalue weighted by Gasteiger charge is -2.26. The quantitative estimate of drug-likeness (QED) is 0.774. The van der Waals surface area contributed by atoms with Crippen molar-refractivity contribution in [2.45, 2.75) is 44.7 Å². The lowest BCUT2D eigenvalue weighted by atomic mass is 10.2. The first kappa shape index (κ1) is 18.7. The van der Waals surface area contributed by atoms with E-state index in [0.717, 1.165) is 37.0 Å². The van der Waals surface area contributed by atoms with Crippen LogP contribution >= 0.6 is 0 Å². The molecule has 1 aromatic carbocycles. The molecular weight excluding hydrogens is 328 g/mol. The van der Waals surface area contributed by atoms with Crippen molar-refractivity contribution < 1.29 is 17.9 Å². The number of ether oxygens (including phenoxy) is 1. The molecule has 0 unspecified atom stereocenters. The summed E-state index contributed by atoms with van der Waals surface area (Å²) in [5, 5.41) is 2.83. The molecule has 2 rings (SSSR count). The van der Waals surface area contributed by atoms with Crippen molar-refractivity contribution in [3.63, 3.8) is 0 Å². The molecule has 1 N–H and O–H groups in total. The summed E-state index contributed by atoms with van der Waals surface area (Å²) in [6.45, 7) is 0.670. The average molecular weight is 354 g/mol. The molecule has 1 aromatic rings. The Morgan fingerprint density at radius 2 is 1.88 bits per heavy atom. The second-order valence-corrected chi connectivity index (χ2v) is 8.12. The Morgan fingerprint density at radius 1 is 1.25 bits per heavy atom. The molecule has 1 saturated carbocycles. The van der Waals surface area contributed by atoms with Gasteiger partial charge in [-0.05, 0) is 30.5 Å². The summed E-state index contributed by atoms with van der Waals surface area (Å²) in [7, 11) is -1.67. The molecule has 0 heterocycles. The van der Waals surface area contributed by atoms with E-state index in [4.69, 9.17) is 4.74 Å². The van der Waals surface area contributed by atoms with Crippen molar-refractivity contribution in [2.75, 3.05) is 19.9 Å². The summed E-state index contributed by atoms with van der Waals surface area (Å²) in [4.78, 5) is 12.0. The highest BCUT2D eigenvalue weighted by Crippen LogP contribution is 2.25. The molecule has 134 valence electrons. The number of rotatable bonds is 8. The average Bonchev–Trinajstić information content (AvgIpc) is 3.06. The van der Waals surface area contributed by atoms with Crippen LogP contribution in [0.3, 0.4) is 0 Å². The third-order valence-corrected chi connectivity index (χ3v) is 5.70. The maximum atomic E-state index is 12.0. The minimum absolute atomic E-state index is 0.0504. The molecule has 0 atom stereocenters. The van der Waals surface area contributed by atoms with Gasteiger partial charge in [0, 0.05) is 25.6 Å². The van der Waals surface area contributed by atoms with Gasteiger partial charge in [-0.15, -0.1) is 0 Å². The van der Waals surface area contributed by atoms with Crippen LogP contribution in [0.4, 0.5) is 0 Å². The van der Waals surface area contributed by atoms with E-state index in [9.17, 15) is 13.2 Å². The molecule has 1 aliphatic rings. The maximum Gasteiger partial charge on any atom is 0.221 e. The van der Waals surface area contributed by atoms with Gasteiger partial charge in [0.15, 0.2) is 0 Å². The molecule has 0 aromatic heterocycles. The van der Waals surface area contributed by atoms with Crippen molar-refractivity contribution >= 4 is 15.9 Å². The molecule has 0 saturated heterocycles. The smallest absolute Gasteiger partial charge is 0.221 e. The van der Waals surface area contributed by atoms with Gasteiger partial charge < -0.3 is 10.1 Å². The van der Waals surface area contributed by atoms with Crippen molar-refractivity contribution in [3.8, 4) is 5.75 Å². The third kappa shape index (κ3) is 5.49. The number of sulfonamides is 1. The topological polar surface area (TPSA) is 75.7 Å². The first-order valence-corrected chi connectivity index (χ1v) is 10.1. The molecule has 24 heavy (non-hydrogen) atoms. The lowest BCUT2D eigenvalue weighted by Crippen LogP contribution is -2.40. The summed E-state index contributed by atoms with van der Waals surface area (Å²) >= 11 is 0. The van der Waals surface area contributed by atoms with E-state index in [1.165, 1.54) is 10.6 Å². The monoisotopic (exact) mass is 354 g/mol. The van der Waals surface area contributed by atoms with Crippen molar-refractivity contribution in [1.29, 1.82) is 0 Å². The van der Waals surface area contributed by atoms with Crippen LogP contribution in [-0.2, 0) is 21.4 Å². The van der Waals surface area contributed by atoms with Crippen LogP contribution in [-0.4, -0.2) is 44.6 Å². The molecule has 0 aliphatic heterocycles. The van der Waals surface area contributed by atoms with Crippen LogP contribution in [0.25, 0.3) is 0 Å². The van der Waals surface area contributed by atoms with E-state index in [1.807, 2.05) is 24.3 Å². The van der Waals surface area contributed by atoms with Crippen LogP contribution in [0, 0.1) is 0 Å². The fourth-order valence-electron chi connectivity index (χ4n) is 3.06. The minimum atomic E-state index is -3.28. The number of hydrogen-bond acceptors (Lipinski definition) is 4. The molecule has 0 radical (unpaired) electrons. The summed E-state index contributed by atoms with van der Waals surface area (Å²) in [6.07, 6.45) is 5.29. The van der Waals surface area contributed by atoms with E-state index in [-0.39, 0.29) is 24.9 Å². The Labute approximate surface area is 144 Å². The van der Waals surface area contributed by atoms with E-state index in [2.05, 4.69) is 5.32 Å². The Balaban J connectivity index is 1.82. The van der Waals surface area contributed by atoms with Crippen molar-refractivity contribution in [3.05, 3.63) is 29.8 Å². The van der Waals surface area contributed by atoms with E-state index >= 15 is 0 Å². The van der Waals surface area contributed by atoms with Crippen LogP contribution in [0.15, 0.2) is 24.3 Å². The normalized spacial score (nSPS) is 15.6. The van der Waals surface area contributed by atoms with Crippen molar-refractivity contribution in [2.24, 2.45) is 0 Å². The van der Waals surface area contributed by atoms with Crippen LogP contribution in [0.2, 0.25) is 0 Å². The highest BCUT2D eigenvalue weighted by Gasteiger charge is 2.29. The number of nitrogens with one attached hydrogen (secondary N) is 1. The molecule has 1 fully saturated rings. The molecule has 0 spiro atoms. The number of hydrogen-bond donors (Lipinski definition) is 1. The van der Waals surface area contributed by atoms with Gasteiger partial charge in [0.25, 0.3) is 0 Å². The molecule has 0 bridgehead atoms. The van der Waals surface area contributed by atoms with Crippen molar-refractivity contribution in [1.82, 2.24) is 9.62 Å². The van der Waals surface area contributed by atoms with Gasteiger partial charge in [-0.25, -0.2) is 8.42 Å². The minimum Gasteiger partial charge on any atom is -0.497 e. The van der Waals surface area contributed by atoms with Crippen LogP contribution < -0.4 is 10.1 Å². The SMILES string of the molecule is COc1ccc(CNC(=O)CCN(C2CCCC2)S(C)(=O)=O)cc1. The number of benzene rings is 1. The summed E-state index contributed by atoms with van der Waals surface area (Å²) in [5.41, 5.74) is 0.972. The summed E-state index contributed by atoms with van der Waals surface area (Å²) in [6, 6.07) is 7.51. The zero-order chi connectivity index (χ0) is 17.6. The number of carbonyl (C=O) groups excluding carboxylic acids is 1. The predicted molar refractivity (Wildman–Crippen MR) is 93.3 cm³/mol. The highest BCUT2D eigenvalue weighted by molar-refractivity contribution is 7.88. The van der Waals surface area contributed by atoms with Crippen LogP contribution in [0.5, 0.6) is 5.75 Å². The molecule has 1 aliphatic carbocycles. The fourth-order valence-corrected chi connectivity index (χ4v) is 4.23. The first-order chi connectivity index (χ1) is 11.4. The second-order valence-electron chi connectivity index (χ2n) is 6.19. The highest BCUT2D eigenvalue weighted by atomic mass is 32.2. The Kier molecular flexibility index (Phi) is 6.62. The number of carbonyl (C=O) groups is 1. The third-order valence-electron chi connectivity index (χ3n) is 4.37. The Morgan fingerprint density at radius 3 is 2.42 bits per heavy atom. The van der Waals surface area contributed by atoms with Gasteiger partial charge in [0.1, 0.15) is 5.75 Å². The van der Waals surface area contributed by atoms with Gasteiger partial charge in [0.2, 0.25) is 15.9 Å². The van der Waals surface area contributed by atoms with E-state index in [1.54, 1.807) is 7.11 Å².